The monoisotopic (exact) mass is 242 g/mol. The lowest BCUT2D eigenvalue weighted by Crippen LogP contribution is -2.38. The van der Waals surface area contributed by atoms with E-state index in [9.17, 15) is 19.8 Å². The molecule has 7 heteroatoms. The lowest BCUT2D eigenvalue weighted by atomic mass is 10.1. The molecule has 0 amide bonds. The zero-order valence-electron chi connectivity index (χ0n) is 9.45. The van der Waals surface area contributed by atoms with Crippen molar-refractivity contribution in [2.45, 2.75) is 38.4 Å². The molecule has 0 aromatic carbocycles. The van der Waals surface area contributed by atoms with Crippen LogP contribution in [0.4, 0.5) is 0 Å². The Kier molecular flexibility index (Phi) is 2.90. The number of nitrogens with one attached hydrogen (secondary N) is 1. The number of aliphatic hydroxyl groups excluding tert-OH is 2. The first-order chi connectivity index (χ1) is 7.91. The summed E-state index contributed by atoms with van der Waals surface area (Å²) in [6.07, 6.45) is -2.51. The molecule has 0 spiro atoms. The van der Waals surface area contributed by atoms with Gasteiger partial charge < -0.3 is 14.9 Å². The second-order valence-electron chi connectivity index (χ2n) is 4.19. The van der Waals surface area contributed by atoms with Crippen LogP contribution in [0.25, 0.3) is 0 Å². The van der Waals surface area contributed by atoms with Gasteiger partial charge in [-0.3, -0.25) is 14.3 Å². The number of hydrogen-bond donors (Lipinski definition) is 3. The third-order valence-electron chi connectivity index (χ3n) is 2.90. The highest BCUT2D eigenvalue weighted by Crippen LogP contribution is 2.27. The highest BCUT2D eigenvalue weighted by molar-refractivity contribution is 5.02. The van der Waals surface area contributed by atoms with E-state index < -0.39 is 35.8 Å². The molecule has 7 nitrogen and oxygen atoms in total. The predicted octanol–water partition coefficient (Wildman–Crippen LogP) is -1.52. The Hall–Kier alpha value is -1.44. The summed E-state index contributed by atoms with van der Waals surface area (Å²) in [4.78, 5) is 24.9. The summed E-state index contributed by atoms with van der Waals surface area (Å²) >= 11 is 0. The highest BCUT2D eigenvalue weighted by Gasteiger charge is 2.41. The molecule has 0 aliphatic carbocycles. The van der Waals surface area contributed by atoms with Crippen LogP contribution in [-0.2, 0) is 4.74 Å². The number of H-pyrrole nitrogens is 1. The fourth-order valence-electron chi connectivity index (χ4n) is 1.83. The largest absolute Gasteiger partial charge is 0.388 e. The molecule has 2 heterocycles. The van der Waals surface area contributed by atoms with Crippen molar-refractivity contribution in [3.63, 3.8) is 0 Å². The van der Waals surface area contributed by atoms with E-state index in [4.69, 9.17) is 4.74 Å². The first kappa shape index (κ1) is 12.0. The summed E-state index contributed by atoms with van der Waals surface area (Å²) in [6, 6.07) is 0. The molecule has 1 fully saturated rings. The molecule has 0 unspecified atom stereocenters. The number of hydrogen-bond acceptors (Lipinski definition) is 5. The molecule has 1 aromatic heterocycles. The van der Waals surface area contributed by atoms with Crippen molar-refractivity contribution in [1.29, 1.82) is 0 Å². The summed E-state index contributed by atoms with van der Waals surface area (Å²) in [6.45, 7) is 3.13. The lowest BCUT2D eigenvalue weighted by molar-refractivity contribution is -0.0352. The minimum Gasteiger partial charge on any atom is -0.388 e. The van der Waals surface area contributed by atoms with Crippen LogP contribution in [0.2, 0.25) is 0 Å². The zero-order chi connectivity index (χ0) is 12.7. The molecule has 0 saturated carbocycles. The number of ether oxygens (including phenoxy) is 1. The summed E-state index contributed by atoms with van der Waals surface area (Å²) in [5.74, 6) is 0. The van der Waals surface area contributed by atoms with Crippen LogP contribution >= 0.6 is 0 Å². The van der Waals surface area contributed by atoms with E-state index in [0.29, 0.717) is 5.56 Å². The fourth-order valence-corrected chi connectivity index (χ4v) is 1.83. The molecule has 1 aliphatic heterocycles. The van der Waals surface area contributed by atoms with E-state index in [1.807, 2.05) is 0 Å². The standard InChI is InChI=1S/C10H14N2O5/c1-4-3-12(10(16)11-8(4)15)9-7(14)6(13)5(2)17-9/h3,5-7,9,13-14H,1-2H3,(H,11,15,16)/t5-,6-,7-,9-/m1/s1. The van der Waals surface area contributed by atoms with E-state index in [2.05, 4.69) is 4.98 Å². The van der Waals surface area contributed by atoms with Gasteiger partial charge in [-0.25, -0.2) is 4.79 Å². The second-order valence-corrected chi connectivity index (χ2v) is 4.19. The maximum Gasteiger partial charge on any atom is 0.330 e. The molecule has 17 heavy (non-hydrogen) atoms. The smallest absolute Gasteiger partial charge is 0.330 e. The van der Waals surface area contributed by atoms with Crippen LogP contribution in [0.1, 0.15) is 18.7 Å². The Balaban J connectivity index is 2.46. The maximum atomic E-state index is 11.6. The van der Waals surface area contributed by atoms with Gasteiger partial charge in [0.2, 0.25) is 0 Å². The number of aromatic nitrogens is 2. The Morgan fingerprint density at radius 2 is 2.00 bits per heavy atom. The van der Waals surface area contributed by atoms with E-state index in [0.717, 1.165) is 4.57 Å². The van der Waals surface area contributed by atoms with E-state index in [1.165, 1.54) is 13.1 Å². The number of rotatable bonds is 1. The minimum absolute atomic E-state index is 0.328. The van der Waals surface area contributed by atoms with Crippen molar-refractivity contribution < 1.29 is 14.9 Å². The Bertz CT molecular complexity index is 534. The van der Waals surface area contributed by atoms with Crippen molar-refractivity contribution in [2.75, 3.05) is 0 Å². The lowest BCUT2D eigenvalue weighted by Gasteiger charge is -2.17. The molecule has 0 bridgehead atoms. The Morgan fingerprint density at radius 3 is 2.53 bits per heavy atom. The first-order valence-corrected chi connectivity index (χ1v) is 5.25. The molecule has 3 N–H and O–H groups in total. The van der Waals surface area contributed by atoms with E-state index in [1.54, 1.807) is 6.92 Å². The van der Waals surface area contributed by atoms with Crippen LogP contribution in [0, 0.1) is 6.92 Å². The zero-order valence-corrected chi connectivity index (χ0v) is 9.45. The van der Waals surface area contributed by atoms with Gasteiger partial charge in [0.1, 0.15) is 12.2 Å². The van der Waals surface area contributed by atoms with Crippen LogP contribution < -0.4 is 11.2 Å². The topological polar surface area (TPSA) is 105 Å². The number of aryl methyl sites for hydroxylation is 1. The van der Waals surface area contributed by atoms with Crippen LogP contribution in [-0.4, -0.2) is 38.1 Å². The molecular formula is C10H14N2O5. The molecule has 1 aromatic rings. The maximum absolute atomic E-state index is 11.6. The molecule has 4 atom stereocenters. The average molecular weight is 242 g/mol. The van der Waals surface area contributed by atoms with Crippen LogP contribution in [0.5, 0.6) is 0 Å². The summed E-state index contributed by atoms with van der Waals surface area (Å²) in [7, 11) is 0. The van der Waals surface area contributed by atoms with Gasteiger partial charge in [-0.05, 0) is 13.8 Å². The van der Waals surface area contributed by atoms with Crippen molar-refractivity contribution in [3.8, 4) is 0 Å². The quantitative estimate of drug-likeness (QED) is 0.555. The fraction of sp³-hybridized carbons (Fsp3) is 0.600. The molecule has 1 saturated heterocycles. The van der Waals surface area contributed by atoms with Gasteiger partial charge in [0.05, 0.1) is 6.10 Å². The third kappa shape index (κ3) is 1.92. The van der Waals surface area contributed by atoms with Gasteiger partial charge in [-0.1, -0.05) is 0 Å². The molecule has 1 aliphatic rings. The van der Waals surface area contributed by atoms with Crippen LogP contribution in [0.3, 0.4) is 0 Å². The number of aromatic amines is 1. The average Bonchev–Trinajstić information content (AvgIpc) is 2.51. The third-order valence-corrected chi connectivity index (χ3v) is 2.90. The minimum atomic E-state index is -1.20. The van der Waals surface area contributed by atoms with Crippen molar-refractivity contribution in [1.82, 2.24) is 9.55 Å². The molecular weight excluding hydrogens is 228 g/mol. The number of aliphatic hydroxyl groups is 2. The Labute approximate surface area is 96.3 Å². The molecule has 94 valence electrons. The van der Waals surface area contributed by atoms with Crippen molar-refractivity contribution in [3.05, 3.63) is 32.6 Å². The van der Waals surface area contributed by atoms with Gasteiger partial charge in [0.25, 0.3) is 5.56 Å². The predicted molar refractivity (Wildman–Crippen MR) is 57.7 cm³/mol. The summed E-state index contributed by atoms with van der Waals surface area (Å²) in [5, 5.41) is 19.3. The first-order valence-electron chi connectivity index (χ1n) is 5.25. The summed E-state index contributed by atoms with van der Waals surface area (Å²) in [5.41, 5.74) is -0.826. The highest BCUT2D eigenvalue weighted by atomic mass is 16.6. The Morgan fingerprint density at radius 1 is 1.35 bits per heavy atom. The van der Waals surface area contributed by atoms with Gasteiger partial charge >= 0.3 is 5.69 Å². The summed E-state index contributed by atoms with van der Waals surface area (Å²) < 4.78 is 6.37. The second kappa shape index (κ2) is 4.10. The number of nitrogens with zero attached hydrogens (tertiary/aromatic N) is 1. The van der Waals surface area contributed by atoms with Gasteiger partial charge in [0, 0.05) is 11.8 Å². The van der Waals surface area contributed by atoms with E-state index >= 15 is 0 Å². The SMILES string of the molecule is Cc1cn([C@@H]2O[C@H](C)[C@@H](O)[C@H]2O)c(=O)[nH]c1=O. The van der Waals surface area contributed by atoms with E-state index in [-0.39, 0.29) is 0 Å². The molecule has 0 radical (unpaired) electrons. The van der Waals surface area contributed by atoms with Gasteiger partial charge in [-0.2, -0.15) is 0 Å². The normalized spacial score (nSPS) is 32.9. The van der Waals surface area contributed by atoms with Crippen molar-refractivity contribution in [2.24, 2.45) is 0 Å². The molecule has 2 rings (SSSR count). The van der Waals surface area contributed by atoms with Crippen LogP contribution in [0.15, 0.2) is 15.8 Å². The van der Waals surface area contributed by atoms with Gasteiger partial charge in [-0.15, -0.1) is 0 Å². The van der Waals surface area contributed by atoms with Gasteiger partial charge in [0.15, 0.2) is 6.23 Å². The van der Waals surface area contributed by atoms with Crippen molar-refractivity contribution >= 4 is 0 Å².